The lowest BCUT2D eigenvalue weighted by atomic mass is 9.72. The molecule has 1 N–H and O–H groups in total. The zero-order chi connectivity index (χ0) is 18.6. The lowest BCUT2D eigenvalue weighted by Crippen LogP contribution is -2.53. The topological polar surface area (TPSA) is 75.3 Å². The quantitative estimate of drug-likeness (QED) is 0.791. The van der Waals surface area contributed by atoms with Crippen LogP contribution in [0, 0.1) is 11.3 Å². The summed E-state index contributed by atoms with van der Waals surface area (Å²) in [4.78, 5) is 15.1. The fourth-order valence-electron chi connectivity index (χ4n) is 5.11. The Labute approximate surface area is 163 Å². The number of fused-ring (bicyclic) bond motifs is 1. The molecule has 4 aliphatic rings. The predicted octanol–water partition coefficient (Wildman–Crippen LogP) is 3.47. The molecule has 2 saturated heterocycles. The third-order valence-electron chi connectivity index (χ3n) is 6.42. The van der Waals surface area contributed by atoms with Gasteiger partial charge in [0.2, 0.25) is 0 Å². The van der Waals surface area contributed by atoms with Crippen molar-refractivity contribution in [3.05, 3.63) is 46.2 Å². The van der Waals surface area contributed by atoms with E-state index < -0.39 is 11.4 Å². The number of nitrogens with zero attached hydrogens (tertiary/aromatic N) is 2. The van der Waals surface area contributed by atoms with Crippen LogP contribution in [0.25, 0.3) is 0 Å². The first-order valence-electron chi connectivity index (χ1n) is 9.78. The molecule has 3 unspecified atom stereocenters. The van der Waals surface area contributed by atoms with Crippen molar-refractivity contribution in [3.8, 4) is 6.07 Å². The van der Waals surface area contributed by atoms with Crippen LogP contribution < -0.4 is 5.32 Å². The summed E-state index contributed by atoms with van der Waals surface area (Å²) in [5.74, 6) is -0.277. The van der Waals surface area contributed by atoms with E-state index in [-0.39, 0.29) is 11.7 Å². The summed E-state index contributed by atoms with van der Waals surface area (Å²) in [6.45, 7) is 1.81. The summed E-state index contributed by atoms with van der Waals surface area (Å²) in [7, 11) is 0. The molecule has 0 saturated carbocycles. The number of rotatable bonds is 2. The number of carbonyl (C=O) groups is 1. The van der Waals surface area contributed by atoms with Crippen molar-refractivity contribution in [2.24, 2.45) is 0 Å². The van der Waals surface area contributed by atoms with Crippen LogP contribution in [0.2, 0.25) is 5.02 Å². The fraction of sp³-hybridized carbons (Fsp3) is 0.524. The van der Waals surface area contributed by atoms with Gasteiger partial charge in [0.25, 0.3) is 5.85 Å². The smallest absolute Gasteiger partial charge is 0.254 e. The lowest BCUT2D eigenvalue weighted by molar-refractivity contribution is -0.120. The van der Waals surface area contributed by atoms with E-state index >= 15 is 0 Å². The number of nitrogens with one attached hydrogen (secondary N) is 1. The van der Waals surface area contributed by atoms with Crippen molar-refractivity contribution in [2.45, 2.75) is 55.8 Å². The van der Waals surface area contributed by atoms with Crippen LogP contribution >= 0.6 is 11.6 Å². The van der Waals surface area contributed by atoms with Gasteiger partial charge in [0.05, 0.1) is 12.0 Å². The summed E-state index contributed by atoms with van der Waals surface area (Å²) < 4.78 is 6.46. The Morgan fingerprint density at radius 1 is 1.15 bits per heavy atom. The number of ether oxygens (including phenoxy) is 1. The average Bonchev–Trinajstić information content (AvgIpc) is 3.38. The number of hydrogen-bond donors (Lipinski definition) is 1. The third-order valence-corrected chi connectivity index (χ3v) is 6.67. The number of piperidine rings is 1. The highest BCUT2D eigenvalue weighted by Gasteiger charge is 2.80. The summed E-state index contributed by atoms with van der Waals surface area (Å²) in [6, 6.07) is 10.0. The normalized spacial score (nSPS) is 35.7. The first-order valence-corrected chi connectivity index (χ1v) is 10.2. The molecule has 0 radical (unpaired) electrons. The number of Topliss-reactive ketones (excluding diaryl/α,β-unsaturated/α-hetero) is 1. The van der Waals surface area contributed by atoms with Gasteiger partial charge in [0.15, 0.2) is 11.3 Å². The van der Waals surface area contributed by atoms with Crippen molar-refractivity contribution in [1.29, 1.82) is 5.26 Å². The van der Waals surface area contributed by atoms with Gasteiger partial charge in [-0.05, 0) is 37.0 Å². The summed E-state index contributed by atoms with van der Waals surface area (Å²) in [6.07, 6.45) is 5.49. The number of halogens is 1. The average molecular weight is 384 g/mol. The van der Waals surface area contributed by atoms with Gasteiger partial charge in [-0.15, -0.1) is 0 Å². The molecule has 1 aromatic carbocycles. The van der Waals surface area contributed by atoms with Crippen LogP contribution in [0.1, 0.15) is 50.0 Å². The van der Waals surface area contributed by atoms with Gasteiger partial charge in [-0.3, -0.25) is 9.69 Å². The minimum atomic E-state index is -0.940. The van der Waals surface area contributed by atoms with E-state index in [9.17, 15) is 10.1 Å². The molecule has 3 atom stereocenters. The molecule has 6 heteroatoms. The van der Waals surface area contributed by atoms with Crippen LogP contribution in [0.3, 0.4) is 0 Å². The Hall–Kier alpha value is -1.87. The van der Waals surface area contributed by atoms with E-state index in [0.717, 1.165) is 50.1 Å². The Kier molecular flexibility index (Phi) is 3.87. The van der Waals surface area contributed by atoms with Gasteiger partial charge in [0.1, 0.15) is 5.76 Å². The molecular weight excluding hydrogens is 362 g/mol. The monoisotopic (exact) mass is 383 g/mol. The second kappa shape index (κ2) is 6.07. The minimum absolute atomic E-state index is 0.103. The molecule has 5 nitrogen and oxygen atoms in total. The van der Waals surface area contributed by atoms with E-state index in [0.29, 0.717) is 17.0 Å². The van der Waals surface area contributed by atoms with E-state index in [4.69, 9.17) is 16.3 Å². The predicted molar refractivity (Wildman–Crippen MR) is 101 cm³/mol. The molecule has 1 aliphatic carbocycles. The number of likely N-dealkylation sites (tertiary alicyclic amines) is 1. The van der Waals surface area contributed by atoms with Crippen molar-refractivity contribution >= 4 is 17.4 Å². The summed E-state index contributed by atoms with van der Waals surface area (Å²) >= 11 is 6.09. The van der Waals surface area contributed by atoms with Crippen LogP contribution in [-0.2, 0) is 9.53 Å². The Morgan fingerprint density at radius 3 is 2.59 bits per heavy atom. The molecule has 0 bridgehead atoms. The van der Waals surface area contributed by atoms with Gasteiger partial charge < -0.3 is 4.74 Å². The van der Waals surface area contributed by atoms with Gasteiger partial charge in [-0.25, -0.2) is 5.32 Å². The van der Waals surface area contributed by atoms with Crippen LogP contribution in [0.5, 0.6) is 0 Å². The standard InChI is InChI=1S/C21H22ClN3O2/c22-15-9-7-14(8-10-15)19-18-16(26)5-4-6-17(18)27-21(20(19,13-23)24-21)25-11-2-1-3-12-25/h7-10,19,24H,1-6,11-12H2. The maximum atomic E-state index is 12.9. The highest BCUT2D eigenvalue weighted by atomic mass is 35.5. The number of nitriles is 1. The van der Waals surface area contributed by atoms with Crippen LogP contribution in [0.15, 0.2) is 35.6 Å². The Balaban J connectivity index is 1.67. The number of ketones is 1. The molecule has 0 amide bonds. The Bertz CT molecular complexity index is 868. The molecule has 0 aromatic heterocycles. The maximum Gasteiger partial charge on any atom is 0.254 e. The first kappa shape index (κ1) is 17.2. The highest BCUT2D eigenvalue weighted by Crippen LogP contribution is 2.60. The largest absolute Gasteiger partial charge is 0.460 e. The third kappa shape index (κ3) is 2.34. The second-order valence-corrected chi connectivity index (χ2v) is 8.37. The van der Waals surface area contributed by atoms with E-state index in [1.165, 1.54) is 6.42 Å². The van der Waals surface area contributed by atoms with E-state index in [1.807, 2.05) is 24.3 Å². The zero-order valence-corrected chi connectivity index (χ0v) is 15.9. The molecule has 3 aliphatic heterocycles. The molecule has 3 heterocycles. The molecule has 27 heavy (non-hydrogen) atoms. The summed E-state index contributed by atoms with van der Waals surface area (Å²) in [5.41, 5.74) is 0.686. The number of benzene rings is 1. The van der Waals surface area contributed by atoms with Crippen molar-refractivity contribution < 1.29 is 9.53 Å². The van der Waals surface area contributed by atoms with Gasteiger partial charge in [0, 0.05) is 36.5 Å². The van der Waals surface area contributed by atoms with Crippen molar-refractivity contribution in [1.82, 2.24) is 10.2 Å². The fourth-order valence-corrected chi connectivity index (χ4v) is 5.23. The van der Waals surface area contributed by atoms with Crippen molar-refractivity contribution in [2.75, 3.05) is 13.1 Å². The molecule has 5 rings (SSSR count). The van der Waals surface area contributed by atoms with Gasteiger partial charge >= 0.3 is 0 Å². The lowest BCUT2D eigenvalue weighted by Gasteiger charge is -2.42. The van der Waals surface area contributed by atoms with Gasteiger partial charge in [-0.2, -0.15) is 5.26 Å². The zero-order valence-electron chi connectivity index (χ0n) is 15.1. The van der Waals surface area contributed by atoms with E-state index in [2.05, 4.69) is 16.3 Å². The SMILES string of the molecule is N#CC12NC1(N1CCCCC1)OC1=C(C(=O)CCC1)C2c1ccc(Cl)cc1. The molecular formula is C21H22ClN3O2. The van der Waals surface area contributed by atoms with Crippen molar-refractivity contribution in [3.63, 3.8) is 0 Å². The number of carbonyl (C=O) groups excluding carboxylic acids is 1. The number of allylic oxidation sites excluding steroid dienone is 1. The highest BCUT2D eigenvalue weighted by molar-refractivity contribution is 6.30. The first-order chi connectivity index (χ1) is 13.1. The number of hydrogen-bond acceptors (Lipinski definition) is 5. The summed E-state index contributed by atoms with van der Waals surface area (Å²) in [5, 5.41) is 14.3. The van der Waals surface area contributed by atoms with Gasteiger partial charge in [-0.1, -0.05) is 30.2 Å². The maximum absolute atomic E-state index is 12.9. The van der Waals surface area contributed by atoms with Crippen LogP contribution in [-0.4, -0.2) is 35.2 Å². The molecule has 0 spiro atoms. The molecule has 140 valence electrons. The van der Waals surface area contributed by atoms with Crippen LogP contribution in [0.4, 0.5) is 0 Å². The Morgan fingerprint density at radius 2 is 1.89 bits per heavy atom. The van der Waals surface area contributed by atoms with E-state index in [1.54, 1.807) is 0 Å². The molecule has 2 fully saturated rings. The second-order valence-electron chi connectivity index (χ2n) is 7.94. The minimum Gasteiger partial charge on any atom is -0.460 e. The molecule has 1 aromatic rings.